The number of allylic oxidation sites excluding steroid dienone is 5. The average Bonchev–Trinajstić information content (AvgIpc) is 2.71. The molecule has 3 rings (SSSR count). The Kier molecular flexibility index (Phi) is 6.70. The first-order valence-corrected chi connectivity index (χ1v) is 9.99. The summed E-state index contributed by atoms with van der Waals surface area (Å²) in [5, 5.41) is 0. The second-order valence-corrected chi connectivity index (χ2v) is 7.54. The Morgan fingerprint density at radius 2 is 1.86 bits per heavy atom. The summed E-state index contributed by atoms with van der Waals surface area (Å²) in [4.78, 5) is 0. The van der Waals surface area contributed by atoms with Gasteiger partial charge in [0, 0.05) is 5.57 Å². The average molecular weight is 410 g/mol. The van der Waals surface area contributed by atoms with Gasteiger partial charge in [0.2, 0.25) is 6.17 Å². The SMILES string of the molecule is C=C[C@H]1CC[C@H](COC2=CC=C(c3ccc(OCC)c(F)c3)C(F)(F)C2F)CC1. The maximum Gasteiger partial charge on any atom is 0.311 e. The minimum atomic E-state index is -3.82. The van der Waals surface area contributed by atoms with Gasteiger partial charge in [-0.05, 0) is 74.3 Å². The van der Waals surface area contributed by atoms with E-state index in [0.29, 0.717) is 5.92 Å². The molecule has 0 heterocycles. The first-order valence-electron chi connectivity index (χ1n) is 9.99. The van der Waals surface area contributed by atoms with Crippen molar-refractivity contribution < 1.29 is 27.0 Å². The Morgan fingerprint density at radius 1 is 1.14 bits per heavy atom. The van der Waals surface area contributed by atoms with Gasteiger partial charge < -0.3 is 9.47 Å². The van der Waals surface area contributed by atoms with Crippen LogP contribution in [-0.2, 0) is 4.74 Å². The highest BCUT2D eigenvalue weighted by molar-refractivity contribution is 5.75. The van der Waals surface area contributed by atoms with Crippen LogP contribution in [0.3, 0.4) is 0 Å². The Morgan fingerprint density at radius 3 is 2.48 bits per heavy atom. The molecule has 1 saturated carbocycles. The van der Waals surface area contributed by atoms with Gasteiger partial charge in [-0.2, -0.15) is 8.78 Å². The molecule has 1 aromatic rings. The Hall–Kier alpha value is -2.24. The van der Waals surface area contributed by atoms with Crippen LogP contribution >= 0.6 is 0 Å². The molecule has 2 aliphatic carbocycles. The van der Waals surface area contributed by atoms with Gasteiger partial charge in [-0.25, -0.2) is 8.78 Å². The largest absolute Gasteiger partial charge is 0.494 e. The van der Waals surface area contributed by atoms with Crippen molar-refractivity contribution in [1.82, 2.24) is 0 Å². The first kappa shape index (κ1) is 21.5. The quantitative estimate of drug-likeness (QED) is 0.378. The van der Waals surface area contributed by atoms with Crippen LogP contribution in [0.15, 0.2) is 48.8 Å². The maximum atomic E-state index is 14.7. The summed E-state index contributed by atoms with van der Waals surface area (Å²) >= 11 is 0. The third kappa shape index (κ3) is 4.68. The van der Waals surface area contributed by atoms with Gasteiger partial charge in [0.1, 0.15) is 5.76 Å². The van der Waals surface area contributed by atoms with Crippen molar-refractivity contribution in [2.75, 3.05) is 13.2 Å². The van der Waals surface area contributed by atoms with E-state index in [2.05, 4.69) is 6.58 Å². The number of rotatable bonds is 7. The lowest BCUT2D eigenvalue weighted by molar-refractivity contribution is -0.0326. The van der Waals surface area contributed by atoms with Gasteiger partial charge in [-0.3, -0.25) is 0 Å². The van der Waals surface area contributed by atoms with Gasteiger partial charge >= 0.3 is 5.92 Å². The maximum absolute atomic E-state index is 14.7. The first-order chi connectivity index (χ1) is 13.9. The summed E-state index contributed by atoms with van der Waals surface area (Å²) in [7, 11) is 0. The van der Waals surface area contributed by atoms with Crippen LogP contribution in [0.5, 0.6) is 5.75 Å². The summed E-state index contributed by atoms with van der Waals surface area (Å²) in [5.74, 6) is -4.28. The van der Waals surface area contributed by atoms with Gasteiger partial charge in [-0.15, -0.1) is 6.58 Å². The van der Waals surface area contributed by atoms with E-state index in [4.69, 9.17) is 9.47 Å². The Balaban J connectivity index is 1.72. The summed E-state index contributed by atoms with van der Waals surface area (Å²) in [5.41, 5.74) is -0.664. The number of halogens is 4. The smallest absolute Gasteiger partial charge is 0.311 e. The van der Waals surface area contributed by atoms with Crippen LogP contribution in [0.4, 0.5) is 17.6 Å². The molecule has 0 N–H and O–H groups in total. The van der Waals surface area contributed by atoms with Crippen molar-refractivity contribution in [2.45, 2.75) is 44.7 Å². The van der Waals surface area contributed by atoms with E-state index < -0.39 is 23.5 Å². The van der Waals surface area contributed by atoms with Crippen LogP contribution in [0, 0.1) is 17.7 Å². The summed E-state index contributed by atoms with van der Waals surface area (Å²) in [6, 6.07) is 3.52. The number of hydrogen-bond acceptors (Lipinski definition) is 2. The number of ether oxygens (including phenoxy) is 2. The molecule has 0 aliphatic heterocycles. The molecule has 0 amide bonds. The van der Waals surface area contributed by atoms with E-state index in [1.54, 1.807) is 6.92 Å². The third-order valence-corrected chi connectivity index (χ3v) is 5.59. The predicted molar refractivity (Wildman–Crippen MR) is 105 cm³/mol. The van der Waals surface area contributed by atoms with Crippen LogP contribution in [0.25, 0.3) is 5.57 Å². The van der Waals surface area contributed by atoms with Crippen LogP contribution < -0.4 is 4.74 Å². The lowest BCUT2D eigenvalue weighted by Crippen LogP contribution is -2.36. The van der Waals surface area contributed by atoms with Crippen molar-refractivity contribution in [2.24, 2.45) is 11.8 Å². The lowest BCUT2D eigenvalue weighted by Gasteiger charge is -2.31. The molecule has 0 spiro atoms. The fourth-order valence-corrected chi connectivity index (χ4v) is 3.83. The molecule has 0 saturated heterocycles. The monoisotopic (exact) mass is 410 g/mol. The zero-order valence-corrected chi connectivity index (χ0v) is 16.5. The van der Waals surface area contributed by atoms with E-state index in [1.165, 1.54) is 18.2 Å². The Labute approximate surface area is 168 Å². The zero-order chi connectivity index (χ0) is 21.0. The van der Waals surface area contributed by atoms with Crippen LogP contribution in [-0.4, -0.2) is 25.3 Å². The molecular formula is C23H26F4O2. The fourth-order valence-electron chi connectivity index (χ4n) is 3.83. The third-order valence-electron chi connectivity index (χ3n) is 5.59. The van der Waals surface area contributed by atoms with E-state index in [1.807, 2.05) is 6.08 Å². The van der Waals surface area contributed by atoms with Crippen molar-refractivity contribution in [3.8, 4) is 5.75 Å². The molecular weight excluding hydrogens is 384 g/mol. The van der Waals surface area contributed by atoms with E-state index in [9.17, 15) is 17.6 Å². The van der Waals surface area contributed by atoms with Crippen molar-refractivity contribution in [3.05, 3.63) is 60.1 Å². The van der Waals surface area contributed by atoms with Gasteiger partial charge in [-0.1, -0.05) is 12.1 Å². The molecule has 1 fully saturated rings. The van der Waals surface area contributed by atoms with Crippen molar-refractivity contribution >= 4 is 5.57 Å². The van der Waals surface area contributed by atoms with Gasteiger partial charge in [0.25, 0.3) is 0 Å². The van der Waals surface area contributed by atoms with Crippen molar-refractivity contribution in [1.29, 1.82) is 0 Å². The molecule has 1 unspecified atom stereocenters. The standard InChI is InChI=1S/C23H26F4O2/c1-3-15-5-7-16(8-6-15)14-29-21-12-10-18(23(26,27)22(21)25)17-9-11-20(28-4-2)19(24)13-17/h3,9-13,15-16,22H,1,4-8,14H2,2H3/t15-,16-,22?. The lowest BCUT2D eigenvalue weighted by atomic mass is 9.82. The molecule has 0 bridgehead atoms. The molecule has 1 atom stereocenters. The molecule has 0 aromatic heterocycles. The zero-order valence-electron chi connectivity index (χ0n) is 16.5. The van der Waals surface area contributed by atoms with Gasteiger partial charge in [0.05, 0.1) is 13.2 Å². The van der Waals surface area contributed by atoms with Crippen LogP contribution in [0.2, 0.25) is 0 Å². The number of alkyl halides is 3. The fraction of sp³-hybridized carbons (Fsp3) is 0.478. The highest BCUT2D eigenvalue weighted by Gasteiger charge is 2.49. The minimum Gasteiger partial charge on any atom is -0.494 e. The van der Waals surface area contributed by atoms with Crippen molar-refractivity contribution in [3.63, 3.8) is 0 Å². The minimum absolute atomic E-state index is 0.0292. The van der Waals surface area contributed by atoms with Crippen LogP contribution in [0.1, 0.15) is 38.2 Å². The van der Waals surface area contributed by atoms with E-state index >= 15 is 0 Å². The topological polar surface area (TPSA) is 18.5 Å². The second kappa shape index (κ2) is 9.06. The normalized spacial score (nSPS) is 26.3. The highest BCUT2D eigenvalue weighted by atomic mass is 19.3. The molecule has 158 valence electrons. The number of benzene rings is 1. The molecule has 1 aromatic carbocycles. The molecule has 6 heteroatoms. The molecule has 29 heavy (non-hydrogen) atoms. The number of hydrogen-bond donors (Lipinski definition) is 0. The summed E-state index contributed by atoms with van der Waals surface area (Å²) in [6.07, 6.45) is 5.44. The molecule has 0 radical (unpaired) electrons. The molecule has 2 aliphatic rings. The Bertz CT molecular complexity index is 792. The highest BCUT2D eigenvalue weighted by Crippen LogP contribution is 2.43. The molecule has 2 nitrogen and oxygen atoms in total. The van der Waals surface area contributed by atoms with Gasteiger partial charge in [0.15, 0.2) is 11.6 Å². The summed E-state index contributed by atoms with van der Waals surface area (Å²) in [6.45, 7) is 5.95. The van der Waals surface area contributed by atoms with E-state index in [0.717, 1.165) is 37.8 Å². The predicted octanol–water partition coefficient (Wildman–Crippen LogP) is 6.49. The summed E-state index contributed by atoms with van der Waals surface area (Å²) < 4.78 is 68.6. The van der Waals surface area contributed by atoms with E-state index in [-0.39, 0.29) is 36.2 Å². The second-order valence-electron chi connectivity index (χ2n) is 7.54.